The third-order valence-corrected chi connectivity index (χ3v) is 4.06. The predicted octanol–water partition coefficient (Wildman–Crippen LogP) is 1.93. The Morgan fingerprint density at radius 3 is 2.89 bits per heavy atom. The van der Waals surface area contributed by atoms with E-state index in [1.807, 2.05) is 4.68 Å². The van der Waals surface area contributed by atoms with Gasteiger partial charge in [-0.1, -0.05) is 13.8 Å². The molecule has 1 fully saturated rings. The average molecular weight is 265 g/mol. The molecule has 1 saturated heterocycles. The van der Waals surface area contributed by atoms with E-state index < -0.39 is 0 Å². The van der Waals surface area contributed by atoms with Gasteiger partial charge in [0.1, 0.15) is 0 Å². The zero-order chi connectivity index (χ0) is 13.7. The Hall–Kier alpha value is -0.870. The third-order valence-electron chi connectivity index (χ3n) is 4.06. The number of aryl methyl sites for hydroxylation is 2. The summed E-state index contributed by atoms with van der Waals surface area (Å²) >= 11 is 0. The van der Waals surface area contributed by atoms with Crippen LogP contribution in [0.3, 0.4) is 0 Å². The Morgan fingerprint density at radius 1 is 1.47 bits per heavy atom. The van der Waals surface area contributed by atoms with Crippen LogP contribution in [-0.4, -0.2) is 36.1 Å². The van der Waals surface area contributed by atoms with Crippen LogP contribution in [-0.2, 0) is 24.6 Å². The summed E-state index contributed by atoms with van der Waals surface area (Å²) in [4.78, 5) is 0. The van der Waals surface area contributed by atoms with Crippen LogP contribution in [0.5, 0.6) is 0 Å². The highest BCUT2D eigenvalue weighted by molar-refractivity contribution is 5.13. The highest BCUT2D eigenvalue weighted by atomic mass is 16.5. The molecule has 0 spiro atoms. The number of aromatic nitrogens is 2. The number of hydrogen-bond acceptors (Lipinski definition) is 3. The van der Waals surface area contributed by atoms with Crippen molar-refractivity contribution in [3.8, 4) is 0 Å². The van der Waals surface area contributed by atoms with Gasteiger partial charge in [0.05, 0.1) is 12.3 Å². The smallest absolute Gasteiger partial charge is 0.0624 e. The van der Waals surface area contributed by atoms with Gasteiger partial charge >= 0.3 is 0 Å². The number of ether oxygens (including phenoxy) is 1. The standard InChI is InChI=1S/C15H27N3O/c1-4-7-16-11-15(6-8-19-12-15)10-14-9-13(5-2)17-18(14)3/h9,16H,4-8,10-12H2,1-3H3. The van der Waals surface area contributed by atoms with Crippen molar-refractivity contribution in [2.75, 3.05) is 26.3 Å². The van der Waals surface area contributed by atoms with Gasteiger partial charge in [-0.25, -0.2) is 0 Å². The third kappa shape index (κ3) is 3.57. The molecule has 1 N–H and O–H groups in total. The van der Waals surface area contributed by atoms with Crippen molar-refractivity contribution in [3.05, 3.63) is 17.5 Å². The van der Waals surface area contributed by atoms with Gasteiger partial charge < -0.3 is 10.1 Å². The van der Waals surface area contributed by atoms with Gasteiger partial charge in [0, 0.05) is 31.3 Å². The fourth-order valence-electron chi connectivity index (χ4n) is 2.82. The second-order valence-corrected chi connectivity index (χ2v) is 5.76. The van der Waals surface area contributed by atoms with Crippen molar-refractivity contribution < 1.29 is 4.74 Å². The molecule has 108 valence electrons. The molecule has 1 aromatic heterocycles. The van der Waals surface area contributed by atoms with Crippen molar-refractivity contribution in [1.29, 1.82) is 0 Å². The van der Waals surface area contributed by atoms with Crippen molar-refractivity contribution in [2.45, 2.75) is 39.5 Å². The maximum absolute atomic E-state index is 5.67. The molecule has 1 aliphatic rings. The van der Waals surface area contributed by atoms with Crippen LogP contribution in [0.4, 0.5) is 0 Å². The topological polar surface area (TPSA) is 39.1 Å². The van der Waals surface area contributed by atoms with Gasteiger partial charge in [0.25, 0.3) is 0 Å². The van der Waals surface area contributed by atoms with Gasteiger partial charge in [0.2, 0.25) is 0 Å². The molecule has 0 amide bonds. The SMILES string of the molecule is CCCNCC1(Cc2cc(CC)nn2C)CCOC1. The molecule has 2 heterocycles. The minimum atomic E-state index is 0.258. The molecule has 4 nitrogen and oxygen atoms in total. The first-order valence-electron chi connectivity index (χ1n) is 7.49. The first-order valence-corrected chi connectivity index (χ1v) is 7.49. The molecule has 1 aliphatic heterocycles. The molecule has 4 heteroatoms. The fourth-order valence-corrected chi connectivity index (χ4v) is 2.82. The number of hydrogen-bond donors (Lipinski definition) is 1. The van der Waals surface area contributed by atoms with Crippen LogP contribution in [0.1, 0.15) is 38.1 Å². The minimum Gasteiger partial charge on any atom is -0.381 e. The molecule has 0 radical (unpaired) electrons. The number of nitrogens with one attached hydrogen (secondary N) is 1. The molecule has 1 atom stereocenters. The van der Waals surface area contributed by atoms with E-state index in [2.05, 4.69) is 37.4 Å². The van der Waals surface area contributed by atoms with E-state index in [0.717, 1.165) is 45.6 Å². The molecule has 0 bridgehead atoms. The second-order valence-electron chi connectivity index (χ2n) is 5.76. The van der Waals surface area contributed by atoms with Crippen molar-refractivity contribution in [3.63, 3.8) is 0 Å². The summed E-state index contributed by atoms with van der Waals surface area (Å²) in [5.74, 6) is 0. The molecule has 19 heavy (non-hydrogen) atoms. The Balaban J connectivity index is 2.04. The predicted molar refractivity (Wildman–Crippen MR) is 77.3 cm³/mol. The molecular weight excluding hydrogens is 238 g/mol. The van der Waals surface area contributed by atoms with E-state index in [0.29, 0.717) is 0 Å². The van der Waals surface area contributed by atoms with Gasteiger partial charge in [-0.15, -0.1) is 0 Å². The molecule has 0 saturated carbocycles. The van der Waals surface area contributed by atoms with E-state index in [4.69, 9.17) is 4.74 Å². The van der Waals surface area contributed by atoms with Crippen molar-refractivity contribution in [1.82, 2.24) is 15.1 Å². The lowest BCUT2D eigenvalue weighted by Crippen LogP contribution is -2.37. The van der Waals surface area contributed by atoms with Crippen LogP contribution in [0.2, 0.25) is 0 Å². The van der Waals surface area contributed by atoms with Gasteiger partial charge in [0.15, 0.2) is 0 Å². The van der Waals surface area contributed by atoms with Crippen LogP contribution in [0.15, 0.2) is 6.07 Å². The first-order chi connectivity index (χ1) is 9.19. The number of rotatable bonds is 7. The van der Waals surface area contributed by atoms with Crippen LogP contribution >= 0.6 is 0 Å². The Bertz CT molecular complexity index is 394. The lowest BCUT2D eigenvalue weighted by molar-refractivity contribution is 0.148. The Morgan fingerprint density at radius 2 is 2.32 bits per heavy atom. The summed E-state index contributed by atoms with van der Waals surface area (Å²) in [5, 5.41) is 8.12. The van der Waals surface area contributed by atoms with Crippen LogP contribution in [0, 0.1) is 5.41 Å². The van der Waals surface area contributed by atoms with Gasteiger partial charge in [-0.05, 0) is 38.3 Å². The summed E-state index contributed by atoms with van der Waals surface area (Å²) < 4.78 is 7.71. The van der Waals surface area contributed by atoms with E-state index >= 15 is 0 Å². The molecule has 0 aliphatic carbocycles. The largest absolute Gasteiger partial charge is 0.381 e. The van der Waals surface area contributed by atoms with E-state index in [1.54, 1.807) is 0 Å². The van der Waals surface area contributed by atoms with E-state index in [9.17, 15) is 0 Å². The highest BCUT2D eigenvalue weighted by Crippen LogP contribution is 2.32. The lowest BCUT2D eigenvalue weighted by Gasteiger charge is -2.27. The maximum atomic E-state index is 5.67. The Kier molecular flexibility index (Phi) is 4.99. The Labute approximate surface area is 116 Å². The second kappa shape index (κ2) is 6.53. The highest BCUT2D eigenvalue weighted by Gasteiger charge is 2.35. The first kappa shape index (κ1) is 14.5. The summed E-state index contributed by atoms with van der Waals surface area (Å²) in [5.41, 5.74) is 2.78. The lowest BCUT2D eigenvalue weighted by atomic mass is 9.82. The molecule has 1 aromatic rings. The summed E-state index contributed by atoms with van der Waals surface area (Å²) in [6.45, 7) is 8.27. The fraction of sp³-hybridized carbons (Fsp3) is 0.800. The van der Waals surface area contributed by atoms with Crippen molar-refractivity contribution >= 4 is 0 Å². The number of nitrogens with zero attached hydrogens (tertiary/aromatic N) is 2. The monoisotopic (exact) mass is 265 g/mol. The van der Waals surface area contributed by atoms with Crippen LogP contribution < -0.4 is 5.32 Å². The maximum Gasteiger partial charge on any atom is 0.0624 e. The average Bonchev–Trinajstić information content (AvgIpc) is 2.99. The van der Waals surface area contributed by atoms with Gasteiger partial charge in [-0.3, -0.25) is 4.68 Å². The normalized spacial score (nSPS) is 23.1. The zero-order valence-electron chi connectivity index (χ0n) is 12.5. The van der Waals surface area contributed by atoms with Gasteiger partial charge in [-0.2, -0.15) is 5.10 Å². The summed E-state index contributed by atoms with van der Waals surface area (Å²) in [6, 6.07) is 2.25. The zero-order valence-corrected chi connectivity index (χ0v) is 12.5. The summed E-state index contributed by atoms with van der Waals surface area (Å²) in [7, 11) is 2.05. The molecule has 2 rings (SSSR count). The van der Waals surface area contributed by atoms with E-state index in [-0.39, 0.29) is 5.41 Å². The van der Waals surface area contributed by atoms with E-state index in [1.165, 1.54) is 17.8 Å². The van der Waals surface area contributed by atoms with Crippen molar-refractivity contribution in [2.24, 2.45) is 12.5 Å². The summed E-state index contributed by atoms with van der Waals surface area (Å²) in [6.07, 6.45) is 4.40. The quantitative estimate of drug-likeness (QED) is 0.766. The molecular formula is C15H27N3O. The minimum absolute atomic E-state index is 0.258. The molecule has 0 aromatic carbocycles. The molecule has 1 unspecified atom stereocenters. The van der Waals surface area contributed by atoms with Crippen LogP contribution in [0.25, 0.3) is 0 Å².